The number of aromatic nitrogens is 1. The maximum atomic E-state index is 13.5. The summed E-state index contributed by atoms with van der Waals surface area (Å²) in [6.45, 7) is 0.933. The van der Waals surface area contributed by atoms with Gasteiger partial charge in [-0.15, -0.1) is 0 Å². The fraction of sp³-hybridized carbons (Fsp3) is 0.250. The molecule has 0 fully saturated rings. The Morgan fingerprint density at radius 1 is 1.14 bits per heavy atom. The van der Waals surface area contributed by atoms with Gasteiger partial charge in [0, 0.05) is 0 Å². The van der Waals surface area contributed by atoms with Crippen LogP contribution in [0.3, 0.4) is 0 Å². The van der Waals surface area contributed by atoms with E-state index in [1.54, 1.807) is 16.8 Å². The van der Waals surface area contributed by atoms with Crippen LogP contribution in [-0.4, -0.2) is 35.6 Å². The first kappa shape index (κ1) is 25.5. The van der Waals surface area contributed by atoms with Gasteiger partial charge < -0.3 is 0 Å². The van der Waals surface area contributed by atoms with Crippen LogP contribution in [0.5, 0.6) is 5.75 Å². The van der Waals surface area contributed by atoms with Crippen LogP contribution in [-0.2, 0) is 5.75 Å². The Balaban J connectivity index is 1.72. The van der Waals surface area contributed by atoms with Crippen LogP contribution in [0.25, 0.3) is 0 Å². The van der Waals surface area contributed by atoms with Gasteiger partial charge in [0.2, 0.25) is 0 Å². The van der Waals surface area contributed by atoms with Crippen molar-refractivity contribution < 1.29 is 44.6 Å². The zero-order chi connectivity index (χ0) is 25.8. The number of thioether (sulfide) groups is 1. The second-order valence-corrected chi connectivity index (χ2v) is 13.8. The van der Waals surface area contributed by atoms with E-state index in [9.17, 15) is 27.9 Å². The van der Waals surface area contributed by atoms with Crippen molar-refractivity contribution in [2.24, 2.45) is 0 Å². The molecule has 0 spiro atoms. The summed E-state index contributed by atoms with van der Waals surface area (Å²) in [5, 5.41) is 12.4. The van der Waals surface area contributed by atoms with Gasteiger partial charge in [-0.25, -0.2) is 0 Å². The van der Waals surface area contributed by atoms with Crippen LogP contribution in [0.15, 0.2) is 68.9 Å². The van der Waals surface area contributed by atoms with E-state index in [0.717, 1.165) is 42.2 Å². The number of halogens is 5. The Bertz CT molecular complexity index is 1420. The molecule has 0 aliphatic carbocycles. The topological polar surface area (TPSA) is 65.8 Å². The summed E-state index contributed by atoms with van der Waals surface area (Å²) in [5.41, 5.74) is 1.79. The van der Waals surface area contributed by atoms with Crippen molar-refractivity contribution in [3.8, 4) is 5.75 Å². The molecule has 12 heteroatoms. The molecule has 0 bridgehead atoms. The van der Waals surface area contributed by atoms with Gasteiger partial charge in [-0.2, -0.15) is 0 Å². The number of carbonyl (C=O) groups excluding carboxylic acids is 1. The molecule has 36 heavy (non-hydrogen) atoms. The molecule has 190 valence electrons. The first-order chi connectivity index (χ1) is 17.1. The molecule has 3 heterocycles. The van der Waals surface area contributed by atoms with Crippen LogP contribution in [0.2, 0.25) is 0 Å². The van der Waals surface area contributed by atoms with Crippen molar-refractivity contribution in [2.45, 2.75) is 33.7 Å². The van der Waals surface area contributed by atoms with E-state index in [-0.39, 0.29) is 12.4 Å². The van der Waals surface area contributed by atoms with Gasteiger partial charge in [-0.1, -0.05) is 0 Å². The standard InChI is InChI=1S/C24H19BrF3IN3O3S/c1-13(24(26,27)28)29-30-12-32(31-9-8-18(33)22(34)21(31)23(30)35)20-16-7-6-15(25)10-14(16)11-36-19-5-3-2-4-17(19)20/h2-10,13,20,34H,11-12H2,1H3/q-1/t13-,20-/m1/s1. The molecular weight excluding hydrogens is 674 g/mol. The molecule has 2 aliphatic rings. The van der Waals surface area contributed by atoms with E-state index < -0.39 is 54.7 Å². The molecule has 1 amide bonds. The molecule has 3 aromatic rings. The number of rotatable bonds is 3. The molecule has 2 aliphatic heterocycles. The fourth-order valence-corrected chi connectivity index (χ4v) is 8.05. The van der Waals surface area contributed by atoms with Crippen molar-refractivity contribution in [2.75, 3.05) is 11.7 Å². The predicted octanol–water partition coefficient (Wildman–Crippen LogP) is 2.02. The average molecular weight is 693 g/mol. The third-order valence-electron chi connectivity index (χ3n) is 6.03. The van der Waals surface area contributed by atoms with Crippen LogP contribution in [0.1, 0.15) is 40.1 Å². The number of alkyl halides is 4. The molecule has 5 rings (SSSR count). The molecule has 0 saturated heterocycles. The molecule has 2 aromatic carbocycles. The number of amides is 1. The Kier molecular flexibility index (Phi) is 6.79. The molecule has 0 radical (unpaired) electrons. The first-order valence-corrected chi connectivity index (χ1v) is 14.8. The Morgan fingerprint density at radius 2 is 1.89 bits per heavy atom. The third kappa shape index (κ3) is 4.51. The van der Waals surface area contributed by atoms with Gasteiger partial charge in [0.15, 0.2) is 0 Å². The van der Waals surface area contributed by atoms with Crippen LogP contribution < -0.4 is 31.9 Å². The molecule has 0 unspecified atom stereocenters. The van der Waals surface area contributed by atoms with E-state index in [0.29, 0.717) is 5.75 Å². The number of pyridine rings is 1. The summed E-state index contributed by atoms with van der Waals surface area (Å²) < 4.78 is 42.2. The molecule has 2 atom stereocenters. The van der Waals surface area contributed by atoms with Crippen molar-refractivity contribution in [1.29, 1.82) is 0 Å². The Morgan fingerprint density at radius 3 is 2.64 bits per heavy atom. The second-order valence-electron chi connectivity index (χ2n) is 8.30. The van der Waals surface area contributed by atoms with Gasteiger partial charge in [0.05, 0.1) is 0 Å². The SMILES string of the molecule is C[C@@H]([I-]N1CN([C@@H]2c3ccc(Br)cc3CSc3ccccc32)n2ccc(=O)c(O)c2C1=O)C(F)(F)F. The summed E-state index contributed by atoms with van der Waals surface area (Å²) in [4.78, 5) is 26.6. The number of nitrogens with zero attached hydrogens (tertiary/aromatic N) is 3. The minimum absolute atomic E-state index is 0.124. The maximum absolute atomic E-state index is 13.5. The predicted molar refractivity (Wildman–Crippen MR) is 129 cm³/mol. The van der Waals surface area contributed by atoms with Gasteiger partial charge in [0.1, 0.15) is 0 Å². The van der Waals surface area contributed by atoms with Crippen molar-refractivity contribution in [3.05, 3.63) is 91.8 Å². The normalized spacial score (nSPS) is 18.4. The summed E-state index contributed by atoms with van der Waals surface area (Å²) >= 11 is 3.32. The van der Waals surface area contributed by atoms with E-state index in [2.05, 4.69) is 15.9 Å². The van der Waals surface area contributed by atoms with Crippen LogP contribution in [0, 0.1) is 0 Å². The quantitative estimate of drug-likeness (QED) is 0.259. The van der Waals surface area contributed by atoms with E-state index in [1.807, 2.05) is 42.5 Å². The number of carbonyl (C=O) groups is 1. The van der Waals surface area contributed by atoms with Gasteiger partial charge in [-0.3, -0.25) is 0 Å². The summed E-state index contributed by atoms with van der Waals surface area (Å²) in [7, 11) is 0. The molecule has 0 saturated carbocycles. The molecule has 1 N–H and O–H groups in total. The number of aromatic hydroxyl groups is 1. The molecule has 6 nitrogen and oxygen atoms in total. The summed E-state index contributed by atoms with van der Waals surface area (Å²) in [6, 6.07) is 14.3. The second kappa shape index (κ2) is 9.60. The van der Waals surface area contributed by atoms with E-state index in [4.69, 9.17) is 0 Å². The van der Waals surface area contributed by atoms with Crippen molar-refractivity contribution in [1.82, 2.24) is 7.79 Å². The molecular formula is C24H19BrF3IN3O3S-. The van der Waals surface area contributed by atoms with Gasteiger partial charge in [-0.05, 0) is 0 Å². The van der Waals surface area contributed by atoms with Crippen molar-refractivity contribution >= 4 is 33.6 Å². The number of fused-ring (bicyclic) bond motifs is 3. The fourth-order valence-electron chi connectivity index (χ4n) is 4.27. The number of hydrogen-bond donors (Lipinski definition) is 1. The third-order valence-corrected chi connectivity index (χ3v) is 10.6. The van der Waals surface area contributed by atoms with Gasteiger partial charge >= 0.3 is 229 Å². The summed E-state index contributed by atoms with van der Waals surface area (Å²) in [5.74, 6) is -0.871. The molecule has 1 aromatic heterocycles. The Hall–Kier alpha value is -2.19. The first-order valence-electron chi connectivity index (χ1n) is 10.8. The van der Waals surface area contributed by atoms with Crippen molar-refractivity contribution in [3.63, 3.8) is 0 Å². The zero-order valence-corrected chi connectivity index (χ0v) is 23.2. The monoisotopic (exact) mass is 692 g/mol. The van der Waals surface area contributed by atoms with E-state index in [1.165, 1.54) is 10.9 Å². The van der Waals surface area contributed by atoms with Gasteiger partial charge in [0.25, 0.3) is 0 Å². The zero-order valence-electron chi connectivity index (χ0n) is 18.7. The minimum atomic E-state index is -4.46. The number of benzene rings is 2. The average Bonchev–Trinajstić information content (AvgIpc) is 2.99. The Labute approximate surface area is 227 Å². The summed E-state index contributed by atoms with van der Waals surface area (Å²) in [6.07, 6.45) is -3.06. The number of hydrogen-bond acceptors (Lipinski definition) is 5. The van der Waals surface area contributed by atoms with Crippen LogP contribution in [0.4, 0.5) is 13.2 Å². The van der Waals surface area contributed by atoms with E-state index >= 15 is 0 Å². The van der Waals surface area contributed by atoms with Crippen LogP contribution >= 0.6 is 27.7 Å².